The zero-order chi connectivity index (χ0) is 33.9. The van der Waals surface area contributed by atoms with Crippen LogP contribution in [0.2, 0.25) is 0 Å². The molecule has 0 spiro atoms. The molecule has 6 aromatic carbocycles. The van der Waals surface area contributed by atoms with Crippen LogP contribution < -0.4 is 4.90 Å². The van der Waals surface area contributed by atoms with E-state index in [1.165, 1.54) is 33.2 Å². The maximum atomic E-state index is 6.54. The van der Waals surface area contributed by atoms with Crippen molar-refractivity contribution in [1.82, 2.24) is 9.55 Å². The highest BCUT2D eigenvalue weighted by Gasteiger charge is 2.39. The first-order chi connectivity index (χ1) is 25.8. The minimum Gasteiger partial charge on any atom is -0.454 e. The second-order valence-corrected chi connectivity index (χ2v) is 13.9. The van der Waals surface area contributed by atoms with Gasteiger partial charge in [0.2, 0.25) is 0 Å². The van der Waals surface area contributed by atoms with Gasteiger partial charge in [-0.1, -0.05) is 109 Å². The molecule has 0 bridgehead atoms. The van der Waals surface area contributed by atoms with Gasteiger partial charge in [-0.15, -0.1) is 0 Å². The van der Waals surface area contributed by atoms with Crippen LogP contribution >= 0.6 is 0 Å². The van der Waals surface area contributed by atoms with Gasteiger partial charge in [-0.25, -0.2) is 4.98 Å². The van der Waals surface area contributed by atoms with E-state index in [1.54, 1.807) is 0 Å². The van der Waals surface area contributed by atoms with Crippen molar-refractivity contribution in [1.29, 1.82) is 0 Å². The van der Waals surface area contributed by atoms with Crippen LogP contribution in [0.1, 0.15) is 17.0 Å². The summed E-state index contributed by atoms with van der Waals surface area (Å²) in [6, 6.07) is 49.5. The number of aromatic nitrogens is 2. The average Bonchev–Trinajstić information content (AvgIpc) is 3.95. The van der Waals surface area contributed by atoms with Crippen LogP contribution in [-0.4, -0.2) is 15.6 Å². The molecule has 5 heterocycles. The number of fused-ring (bicyclic) bond motifs is 12. The van der Waals surface area contributed by atoms with E-state index >= 15 is 0 Å². The van der Waals surface area contributed by atoms with Crippen molar-refractivity contribution in [3.8, 4) is 5.82 Å². The molecule has 244 valence electrons. The van der Waals surface area contributed by atoms with Crippen LogP contribution in [0, 0.1) is 0 Å². The Morgan fingerprint density at radius 2 is 1.21 bits per heavy atom. The number of furan rings is 2. The van der Waals surface area contributed by atoms with E-state index in [2.05, 4.69) is 143 Å². The highest BCUT2D eigenvalue weighted by atomic mass is 16.3. The molecule has 0 N–H and O–H groups in total. The zero-order valence-corrected chi connectivity index (χ0v) is 27.9. The summed E-state index contributed by atoms with van der Waals surface area (Å²) >= 11 is 0. The number of hydrogen-bond acceptors (Lipinski definition) is 4. The number of para-hydroxylation sites is 5. The van der Waals surface area contributed by atoms with Gasteiger partial charge in [0, 0.05) is 50.1 Å². The van der Waals surface area contributed by atoms with E-state index in [1.807, 2.05) is 30.5 Å². The Hall–Kier alpha value is -6.85. The van der Waals surface area contributed by atoms with Crippen molar-refractivity contribution in [3.63, 3.8) is 0 Å². The third kappa shape index (κ3) is 3.74. The summed E-state index contributed by atoms with van der Waals surface area (Å²) in [5.74, 6) is 0.983. The van der Waals surface area contributed by atoms with E-state index in [0.717, 1.165) is 66.4 Å². The summed E-state index contributed by atoms with van der Waals surface area (Å²) in [5.41, 5.74) is 11.7. The lowest BCUT2D eigenvalue weighted by atomic mass is 9.86. The van der Waals surface area contributed by atoms with Crippen molar-refractivity contribution in [3.05, 3.63) is 175 Å². The monoisotopic (exact) mass is 667 g/mol. The minimum atomic E-state index is 0.126. The van der Waals surface area contributed by atoms with Crippen LogP contribution in [0.4, 0.5) is 11.4 Å². The van der Waals surface area contributed by atoms with E-state index in [0.29, 0.717) is 0 Å². The Morgan fingerprint density at radius 1 is 0.538 bits per heavy atom. The van der Waals surface area contributed by atoms with E-state index in [4.69, 9.17) is 13.8 Å². The van der Waals surface area contributed by atoms with Gasteiger partial charge in [0.15, 0.2) is 17.0 Å². The van der Waals surface area contributed by atoms with E-state index < -0.39 is 0 Å². The zero-order valence-electron chi connectivity index (χ0n) is 27.9. The van der Waals surface area contributed by atoms with Gasteiger partial charge in [0.05, 0.1) is 22.8 Å². The topological polar surface area (TPSA) is 47.3 Å². The quantitative estimate of drug-likeness (QED) is 0.188. The molecule has 5 heteroatoms. The molecule has 2 aliphatic rings. The van der Waals surface area contributed by atoms with Crippen molar-refractivity contribution < 1.29 is 8.83 Å². The second-order valence-electron chi connectivity index (χ2n) is 13.9. The highest BCUT2D eigenvalue weighted by molar-refractivity contribution is 6.13. The van der Waals surface area contributed by atoms with Gasteiger partial charge in [-0.2, -0.15) is 0 Å². The molecule has 1 aliphatic heterocycles. The molecule has 0 saturated carbocycles. The lowest BCUT2D eigenvalue weighted by Crippen LogP contribution is -2.29. The summed E-state index contributed by atoms with van der Waals surface area (Å²) in [4.78, 5) is 7.38. The van der Waals surface area contributed by atoms with Gasteiger partial charge >= 0.3 is 0 Å². The largest absolute Gasteiger partial charge is 0.454 e. The predicted octanol–water partition coefficient (Wildman–Crippen LogP) is 12.2. The standard InChI is InChI=1S/C47H29N3O2/c1-5-15-38-30(10-1)36-26-28(20-22-40(36)49(38)42-17-9-14-34-32-12-3-7-18-43(32)51-45(34)42)29-21-23-41-37(27-29)31-11-2-6-16-39(31)50(41)47-46-35(24-25-48-47)33-13-4-8-19-44(33)52-46/h1-27,36,40H. The molecule has 12 rings (SSSR count). The minimum absolute atomic E-state index is 0.126. The highest BCUT2D eigenvalue weighted by Crippen LogP contribution is 2.51. The summed E-state index contributed by atoms with van der Waals surface area (Å²) in [5, 5.41) is 6.82. The molecule has 0 saturated heterocycles. The van der Waals surface area contributed by atoms with Crippen LogP contribution in [0.15, 0.2) is 173 Å². The fraction of sp³-hybridized carbons (Fsp3) is 0.0426. The molecule has 10 aromatic rings. The van der Waals surface area contributed by atoms with Crippen molar-refractivity contribution in [2.45, 2.75) is 12.0 Å². The van der Waals surface area contributed by atoms with Gasteiger partial charge in [0.25, 0.3) is 0 Å². The fourth-order valence-electron chi connectivity index (χ4n) is 8.92. The summed E-state index contributed by atoms with van der Waals surface area (Å²) < 4.78 is 15.3. The Balaban J connectivity index is 0.998. The summed E-state index contributed by atoms with van der Waals surface area (Å²) in [7, 11) is 0. The predicted molar refractivity (Wildman–Crippen MR) is 212 cm³/mol. The molecule has 0 radical (unpaired) electrons. The van der Waals surface area contributed by atoms with Crippen LogP contribution in [0.5, 0.6) is 0 Å². The molecule has 1 aliphatic carbocycles. The molecule has 5 nitrogen and oxygen atoms in total. The summed E-state index contributed by atoms with van der Waals surface area (Å²) in [6.45, 7) is 0. The number of allylic oxidation sites excluding steroid dienone is 2. The second kappa shape index (κ2) is 10.3. The molecule has 0 amide bonds. The van der Waals surface area contributed by atoms with Gasteiger partial charge < -0.3 is 13.7 Å². The SMILES string of the molecule is C1=CC2C(C=C1c1ccc3c(c1)c1ccccc1n3-c1nccc3c1oc1ccccc13)c1ccccc1N2c1cccc2c1oc1ccccc12. The molecular formula is C47H29N3O2. The Morgan fingerprint density at radius 3 is 2.08 bits per heavy atom. The molecular weight excluding hydrogens is 639 g/mol. The van der Waals surface area contributed by atoms with E-state index in [-0.39, 0.29) is 12.0 Å². The smallest absolute Gasteiger partial charge is 0.181 e. The summed E-state index contributed by atoms with van der Waals surface area (Å²) in [6.07, 6.45) is 9.02. The van der Waals surface area contributed by atoms with Crippen molar-refractivity contribution in [2.75, 3.05) is 4.90 Å². The van der Waals surface area contributed by atoms with Gasteiger partial charge in [0.1, 0.15) is 11.2 Å². The van der Waals surface area contributed by atoms with Crippen molar-refractivity contribution in [2.24, 2.45) is 0 Å². The maximum Gasteiger partial charge on any atom is 0.181 e. The van der Waals surface area contributed by atoms with Crippen molar-refractivity contribution >= 4 is 82.6 Å². The van der Waals surface area contributed by atoms with Crippen LogP contribution in [-0.2, 0) is 0 Å². The first-order valence-corrected chi connectivity index (χ1v) is 17.8. The van der Waals surface area contributed by atoms with Crippen LogP contribution in [0.25, 0.3) is 77.1 Å². The number of pyridine rings is 1. The molecule has 0 fully saturated rings. The lowest BCUT2D eigenvalue weighted by Gasteiger charge is -2.29. The maximum absolute atomic E-state index is 6.54. The Labute approximate surface area is 297 Å². The number of benzene rings is 6. The third-order valence-corrected chi connectivity index (χ3v) is 11.2. The number of rotatable bonds is 3. The Kier molecular flexibility index (Phi) is 5.55. The number of hydrogen-bond donors (Lipinski definition) is 0. The van der Waals surface area contributed by atoms with E-state index in [9.17, 15) is 0 Å². The van der Waals surface area contributed by atoms with Gasteiger partial charge in [-0.3, -0.25) is 4.57 Å². The third-order valence-electron chi connectivity index (χ3n) is 11.2. The molecule has 4 aromatic heterocycles. The first-order valence-electron chi connectivity index (χ1n) is 17.8. The normalized spacial score (nSPS) is 16.8. The lowest BCUT2D eigenvalue weighted by molar-refractivity contribution is 0.663. The van der Waals surface area contributed by atoms with Crippen LogP contribution in [0.3, 0.4) is 0 Å². The molecule has 2 atom stereocenters. The number of anilines is 2. The Bertz CT molecular complexity index is 3170. The average molecular weight is 668 g/mol. The number of nitrogens with zero attached hydrogens (tertiary/aromatic N) is 3. The van der Waals surface area contributed by atoms with Gasteiger partial charge in [-0.05, 0) is 65.2 Å². The first kappa shape index (κ1) is 27.9. The fourth-order valence-corrected chi connectivity index (χ4v) is 8.92. The molecule has 2 unspecified atom stereocenters. The molecule has 52 heavy (non-hydrogen) atoms.